The SMILES string of the molecule is O=C(Nc1ccc2c(c1)OCCO2)c1cc2cccnc2n(Cc2ccc(Cl)cc2)c1=O. The summed E-state index contributed by atoms with van der Waals surface area (Å²) in [5, 5.41) is 4.08. The Hall–Kier alpha value is -3.84. The zero-order chi connectivity index (χ0) is 22.1. The van der Waals surface area contributed by atoms with Gasteiger partial charge in [-0.2, -0.15) is 0 Å². The van der Waals surface area contributed by atoms with E-state index < -0.39 is 11.5 Å². The number of rotatable bonds is 4. The normalized spacial score (nSPS) is 12.5. The van der Waals surface area contributed by atoms with Crippen LogP contribution in [0, 0.1) is 0 Å². The Morgan fingerprint density at radius 3 is 2.62 bits per heavy atom. The highest BCUT2D eigenvalue weighted by Crippen LogP contribution is 2.32. The number of hydrogen-bond donors (Lipinski definition) is 1. The molecule has 0 saturated heterocycles. The van der Waals surface area contributed by atoms with Gasteiger partial charge in [-0.3, -0.25) is 14.2 Å². The summed E-state index contributed by atoms with van der Waals surface area (Å²) in [6.07, 6.45) is 1.62. The lowest BCUT2D eigenvalue weighted by Gasteiger charge is -2.19. The zero-order valence-corrected chi connectivity index (χ0v) is 17.6. The molecule has 3 heterocycles. The first-order valence-electron chi connectivity index (χ1n) is 10.0. The molecule has 0 fully saturated rings. The van der Waals surface area contributed by atoms with Crippen molar-refractivity contribution >= 4 is 34.2 Å². The molecule has 160 valence electrons. The smallest absolute Gasteiger partial charge is 0.265 e. The molecule has 0 bridgehead atoms. The van der Waals surface area contributed by atoms with Gasteiger partial charge in [0.1, 0.15) is 24.4 Å². The maximum atomic E-state index is 13.3. The molecule has 2 aromatic heterocycles. The predicted molar refractivity (Wildman–Crippen MR) is 122 cm³/mol. The van der Waals surface area contributed by atoms with Crippen molar-refractivity contribution in [3.05, 3.63) is 93.4 Å². The lowest BCUT2D eigenvalue weighted by molar-refractivity contribution is 0.102. The van der Waals surface area contributed by atoms with Gasteiger partial charge in [0, 0.05) is 28.4 Å². The summed E-state index contributed by atoms with van der Waals surface area (Å²) in [5.41, 5.74) is 1.47. The summed E-state index contributed by atoms with van der Waals surface area (Å²) in [5.74, 6) is 0.663. The van der Waals surface area contributed by atoms with Crippen LogP contribution in [0.1, 0.15) is 15.9 Å². The van der Waals surface area contributed by atoms with Crippen molar-refractivity contribution in [1.29, 1.82) is 0 Å². The Morgan fingerprint density at radius 2 is 1.81 bits per heavy atom. The van der Waals surface area contributed by atoms with Crippen LogP contribution < -0.4 is 20.3 Å². The van der Waals surface area contributed by atoms with Crippen LogP contribution in [0.2, 0.25) is 5.02 Å². The first kappa shape index (κ1) is 20.1. The fraction of sp³-hybridized carbons (Fsp3) is 0.125. The highest BCUT2D eigenvalue weighted by Gasteiger charge is 2.18. The Labute approximate surface area is 188 Å². The van der Waals surface area contributed by atoms with E-state index in [1.54, 1.807) is 48.7 Å². The molecular weight excluding hydrogens is 430 g/mol. The van der Waals surface area contributed by atoms with Gasteiger partial charge < -0.3 is 14.8 Å². The van der Waals surface area contributed by atoms with Crippen LogP contribution in [0.5, 0.6) is 11.5 Å². The third-order valence-electron chi connectivity index (χ3n) is 5.15. The van der Waals surface area contributed by atoms with Crippen molar-refractivity contribution in [1.82, 2.24) is 9.55 Å². The molecule has 1 amide bonds. The predicted octanol–water partition coefficient (Wildman–Crippen LogP) is 4.12. The summed E-state index contributed by atoms with van der Waals surface area (Å²) in [6.45, 7) is 1.18. The van der Waals surface area contributed by atoms with E-state index in [-0.39, 0.29) is 12.1 Å². The number of ether oxygens (including phenoxy) is 2. The maximum Gasteiger partial charge on any atom is 0.265 e. The highest BCUT2D eigenvalue weighted by atomic mass is 35.5. The summed E-state index contributed by atoms with van der Waals surface area (Å²) in [7, 11) is 0. The van der Waals surface area contributed by atoms with Crippen LogP contribution in [-0.2, 0) is 6.54 Å². The van der Waals surface area contributed by atoms with E-state index in [4.69, 9.17) is 21.1 Å². The number of fused-ring (bicyclic) bond motifs is 2. The van der Waals surface area contributed by atoms with E-state index in [1.807, 2.05) is 18.2 Å². The van der Waals surface area contributed by atoms with Gasteiger partial charge in [-0.25, -0.2) is 4.98 Å². The minimum Gasteiger partial charge on any atom is -0.486 e. The third-order valence-corrected chi connectivity index (χ3v) is 5.40. The van der Waals surface area contributed by atoms with E-state index in [0.717, 1.165) is 5.56 Å². The Kier molecular flexibility index (Phi) is 5.25. The number of nitrogens with zero attached hydrogens (tertiary/aromatic N) is 2. The highest BCUT2D eigenvalue weighted by molar-refractivity contribution is 6.30. The fourth-order valence-corrected chi connectivity index (χ4v) is 3.73. The molecule has 0 saturated carbocycles. The number of anilines is 1. The number of pyridine rings is 2. The van der Waals surface area contributed by atoms with Crippen molar-refractivity contribution in [3.8, 4) is 11.5 Å². The van der Waals surface area contributed by atoms with E-state index in [1.165, 1.54) is 4.57 Å². The first-order chi connectivity index (χ1) is 15.6. The lowest BCUT2D eigenvalue weighted by atomic mass is 10.1. The molecule has 0 unspecified atom stereocenters. The molecule has 7 nitrogen and oxygen atoms in total. The zero-order valence-electron chi connectivity index (χ0n) is 16.9. The topological polar surface area (TPSA) is 82.4 Å². The second-order valence-corrected chi connectivity index (χ2v) is 7.74. The van der Waals surface area contributed by atoms with Crippen LogP contribution >= 0.6 is 11.6 Å². The number of amides is 1. The van der Waals surface area contributed by atoms with Crippen LogP contribution in [0.15, 0.2) is 71.7 Å². The molecule has 2 aromatic carbocycles. The van der Waals surface area contributed by atoms with Crippen molar-refractivity contribution in [2.75, 3.05) is 18.5 Å². The summed E-state index contributed by atoms with van der Waals surface area (Å²) in [6, 6.07) is 17.5. The molecule has 0 aliphatic carbocycles. The van der Waals surface area contributed by atoms with Crippen LogP contribution in [-0.4, -0.2) is 28.7 Å². The Balaban J connectivity index is 1.52. The average molecular weight is 448 g/mol. The summed E-state index contributed by atoms with van der Waals surface area (Å²) in [4.78, 5) is 30.7. The first-order valence-corrected chi connectivity index (χ1v) is 10.4. The van der Waals surface area contributed by atoms with Gasteiger partial charge in [0.05, 0.1) is 6.54 Å². The molecule has 0 atom stereocenters. The molecule has 4 aromatic rings. The van der Waals surface area contributed by atoms with Gasteiger partial charge in [0.2, 0.25) is 0 Å². The molecule has 8 heteroatoms. The van der Waals surface area contributed by atoms with Crippen LogP contribution in [0.25, 0.3) is 11.0 Å². The quantitative estimate of drug-likeness (QED) is 0.509. The largest absolute Gasteiger partial charge is 0.486 e. The van der Waals surface area contributed by atoms with Gasteiger partial charge in [0.15, 0.2) is 11.5 Å². The van der Waals surface area contributed by atoms with Gasteiger partial charge in [-0.1, -0.05) is 23.7 Å². The number of carbonyl (C=O) groups is 1. The summed E-state index contributed by atoms with van der Waals surface area (Å²) >= 11 is 5.98. The molecule has 32 heavy (non-hydrogen) atoms. The molecule has 5 rings (SSSR count). The van der Waals surface area contributed by atoms with Gasteiger partial charge in [-0.05, 0) is 48.0 Å². The van der Waals surface area contributed by atoms with Crippen molar-refractivity contribution < 1.29 is 14.3 Å². The maximum absolute atomic E-state index is 13.3. The molecule has 0 spiro atoms. The number of nitrogens with one attached hydrogen (secondary N) is 1. The van der Waals surface area contributed by atoms with Gasteiger partial charge in [-0.15, -0.1) is 0 Å². The molecule has 1 aliphatic heterocycles. The fourth-order valence-electron chi connectivity index (χ4n) is 3.61. The molecular formula is C24H18ClN3O4. The number of benzene rings is 2. The van der Waals surface area contributed by atoms with Gasteiger partial charge in [0.25, 0.3) is 11.5 Å². The van der Waals surface area contributed by atoms with Crippen LogP contribution in [0.4, 0.5) is 5.69 Å². The minimum absolute atomic E-state index is 0.0225. The number of halogens is 1. The van der Waals surface area contributed by atoms with E-state index in [9.17, 15) is 9.59 Å². The van der Waals surface area contributed by atoms with Crippen molar-refractivity contribution in [2.24, 2.45) is 0 Å². The van der Waals surface area contributed by atoms with Gasteiger partial charge >= 0.3 is 0 Å². The number of aromatic nitrogens is 2. The average Bonchev–Trinajstić information content (AvgIpc) is 2.82. The monoisotopic (exact) mass is 447 g/mol. The standard InChI is InChI=1S/C24H18ClN3O4/c25-17-5-3-15(4-6-17)14-28-22-16(2-1-9-26-22)12-19(24(28)30)23(29)27-18-7-8-20-21(13-18)32-11-10-31-20/h1-9,12-13H,10-11,14H2,(H,27,29). The molecule has 0 radical (unpaired) electrons. The van der Waals surface area contributed by atoms with Crippen molar-refractivity contribution in [3.63, 3.8) is 0 Å². The van der Waals surface area contributed by atoms with E-state index in [0.29, 0.717) is 46.5 Å². The van der Waals surface area contributed by atoms with E-state index >= 15 is 0 Å². The van der Waals surface area contributed by atoms with Crippen LogP contribution in [0.3, 0.4) is 0 Å². The van der Waals surface area contributed by atoms with E-state index in [2.05, 4.69) is 10.3 Å². The Morgan fingerprint density at radius 1 is 1.03 bits per heavy atom. The number of hydrogen-bond acceptors (Lipinski definition) is 5. The second-order valence-electron chi connectivity index (χ2n) is 7.30. The number of carbonyl (C=O) groups excluding carboxylic acids is 1. The third kappa shape index (κ3) is 3.90. The molecule has 1 aliphatic rings. The summed E-state index contributed by atoms with van der Waals surface area (Å²) < 4.78 is 12.6. The molecule has 1 N–H and O–H groups in total. The Bertz CT molecular complexity index is 1380. The van der Waals surface area contributed by atoms with Crippen molar-refractivity contribution in [2.45, 2.75) is 6.54 Å². The lowest BCUT2D eigenvalue weighted by Crippen LogP contribution is -2.30. The second kappa shape index (κ2) is 8.36. The minimum atomic E-state index is -0.512.